The van der Waals surface area contributed by atoms with Gasteiger partial charge in [-0.1, -0.05) is 39.0 Å². The molecule has 0 bridgehead atoms. The molecule has 2 N–H and O–H groups in total. The topological polar surface area (TPSA) is 49.8 Å². The molecule has 0 amide bonds. The Labute approximate surface area is 120 Å². The SMILES string of the molecule is CNc1ncnc(Nc2ccccc2C(C)(C)C)c1C. The largest absolute Gasteiger partial charge is 0.373 e. The molecule has 0 fully saturated rings. The highest BCUT2D eigenvalue weighted by Crippen LogP contribution is 2.32. The molecular formula is C16H22N4. The number of nitrogens with zero attached hydrogens (tertiary/aromatic N) is 2. The van der Waals surface area contributed by atoms with Gasteiger partial charge in [-0.2, -0.15) is 0 Å². The van der Waals surface area contributed by atoms with E-state index in [9.17, 15) is 0 Å². The van der Waals surface area contributed by atoms with Gasteiger partial charge in [0.2, 0.25) is 0 Å². The van der Waals surface area contributed by atoms with Gasteiger partial charge in [-0.15, -0.1) is 0 Å². The molecule has 20 heavy (non-hydrogen) atoms. The van der Waals surface area contributed by atoms with Gasteiger partial charge < -0.3 is 10.6 Å². The first-order valence-corrected chi connectivity index (χ1v) is 6.79. The molecule has 0 aliphatic rings. The van der Waals surface area contributed by atoms with E-state index in [1.807, 2.05) is 20.0 Å². The van der Waals surface area contributed by atoms with Crippen molar-refractivity contribution in [3.8, 4) is 0 Å². The number of anilines is 3. The molecule has 0 saturated carbocycles. The summed E-state index contributed by atoms with van der Waals surface area (Å²) in [5.41, 5.74) is 3.45. The minimum absolute atomic E-state index is 0.0797. The molecule has 0 spiro atoms. The number of rotatable bonds is 3. The smallest absolute Gasteiger partial charge is 0.138 e. The summed E-state index contributed by atoms with van der Waals surface area (Å²) in [5, 5.41) is 6.51. The Hall–Kier alpha value is -2.10. The third-order valence-electron chi connectivity index (χ3n) is 3.31. The summed E-state index contributed by atoms with van der Waals surface area (Å²) in [6.45, 7) is 8.63. The van der Waals surface area contributed by atoms with Crippen molar-refractivity contribution in [2.45, 2.75) is 33.1 Å². The number of hydrogen-bond donors (Lipinski definition) is 2. The van der Waals surface area contributed by atoms with Crippen molar-refractivity contribution < 1.29 is 0 Å². The second kappa shape index (κ2) is 5.49. The van der Waals surface area contributed by atoms with Gasteiger partial charge in [0.1, 0.15) is 18.0 Å². The third-order valence-corrected chi connectivity index (χ3v) is 3.31. The number of hydrogen-bond acceptors (Lipinski definition) is 4. The summed E-state index contributed by atoms with van der Waals surface area (Å²) in [5.74, 6) is 1.68. The fourth-order valence-corrected chi connectivity index (χ4v) is 2.20. The molecule has 2 rings (SSSR count). The molecule has 0 radical (unpaired) electrons. The van der Waals surface area contributed by atoms with E-state index in [1.165, 1.54) is 5.56 Å². The van der Waals surface area contributed by atoms with E-state index in [1.54, 1.807) is 6.33 Å². The highest BCUT2D eigenvalue weighted by atomic mass is 15.1. The first-order chi connectivity index (χ1) is 9.43. The van der Waals surface area contributed by atoms with Gasteiger partial charge in [0.15, 0.2) is 0 Å². The molecule has 2 aromatic rings. The van der Waals surface area contributed by atoms with Crippen molar-refractivity contribution in [2.75, 3.05) is 17.7 Å². The lowest BCUT2D eigenvalue weighted by Gasteiger charge is -2.23. The molecule has 1 aromatic carbocycles. The molecule has 0 saturated heterocycles. The molecule has 4 heteroatoms. The van der Waals surface area contributed by atoms with Gasteiger partial charge in [-0.3, -0.25) is 0 Å². The number of aromatic nitrogens is 2. The van der Waals surface area contributed by atoms with E-state index >= 15 is 0 Å². The van der Waals surface area contributed by atoms with Gasteiger partial charge in [0.25, 0.3) is 0 Å². The number of nitrogens with one attached hydrogen (secondary N) is 2. The summed E-state index contributed by atoms with van der Waals surface area (Å²) < 4.78 is 0. The Morgan fingerprint density at radius 2 is 1.65 bits per heavy atom. The van der Waals surface area contributed by atoms with Crippen LogP contribution in [0.2, 0.25) is 0 Å². The van der Waals surface area contributed by atoms with E-state index in [0.29, 0.717) is 0 Å². The van der Waals surface area contributed by atoms with Crippen molar-refractivity contribution in [3.05, 3.63) is 41.7 Å². The van der Waals surface area contributed by atoms with Gasteiger partial charge in [-0.05, 0) is 24.0 Å². The maximum Gasteiger partial charge on any atom is 0.138 e. The third kappa shape index (κ3) is 2.90. The van der Waals surface area contributed by atoms with Crippen LogP contribution in [0.1, 0.15) is 31.9 Å². The van der Waals surface area contributed by atoms with Crippen LogP contribution >= 0.6 is 0 Å². The molecule has 0 aliphatic carbocycles. The van der Waals surface area contributed by atoms with Gasteiger partial charge in [0.05, 0.1) is 0 Å². The van der Waals surface area contributed by atoms with E-state index in [0.717, 1.165) is 22.9 Å². The van der Waals surface area contributed by atoms with E-state index in [-0.39, 0.29) is 5.41 Å². The van der Waals surface area contributed by atoms with Crippen molar-refractivity contribution in [2.24, 2.45) is 0 Å². The first-order valence-electron chi connectivity index (χ1n) is 6.79. The standard InChI is InChI=1S/C16H22N4/c1-11-14(17-5)18-10-19-15(11)20-13-9-7-6-8-12(13)16(2,3)4/h6-10H,1-5H3,(H2,17,18,19,20). The van der Waals surface area contributed by atoms with E-state index in [2.05, 4.69) is 59.6 Å². The maximum absolute atomic E-state index is 4.34. The summed E-state index contributed by atoms with van der Waals surface area (Å²) in [6.07, 6.45) is 1.57. The van der Waals surface area contributed by atoms with Crippen molar-refractivity contribution in [1.29, 1.82) is 0 Å². The van der Waals surface area contributed by atoms with Crippen LogP contribution < -0.4 is 10.6 Å². The summed E-state index contributed by atoms with van der Waals surface area (Å²) in [7, 11) is 1.86. The van der Waals surface area contributed by atoms with Gasteiger partial charge in [0, 0.05) is 18.3 Å². The van der Waals surface area contributed by atoms with Crippen molar-refractivity contribution >= 4 is 17.3 Å². The zero-order chi connectivity index (χ0) is 14.8. The Kier molecular flexibility index (Phi) is 3.93. The molecule has 1 heterocycles. The quantitative estimate of drug-likeness (QED) is 0.889. The highest BCUT2D eigenvalue weighted by Gasteiger charge is 2.18. The van der Waals surface area contributed by atoms with Crippen LogP contribution in [-0.4, -0.2) is 17.0 Å². The molecule has 0 unspecified atom stereocenters. The van der Waals surface area contributed by atoms with Crippen molar-refractivity contribution in [3.63, 3.8) is 0 Å². The number of benzene rings is 1. The second-order valence-corrected chi connectivity index (χ2v) is 5.87. The zero-order valence-electron chi connectivity index (χ0n) is 12.8. The lowest BCUT2D eigenvalue weighted by Crippen LogP contribution is -2.14. The molecule has 106 valence electrons. The lowest BCUT2D eigenvalue weighted by molar-refractivity contribution is 0.592. The normalized spacial score (nSPS) is 11.2. The van der Waals surface area contributed by atoms with Gasteiger partial charge >= 0.3 is 0 Å². The second-order valence-electron chi connectivity index (χ2n) is 5.87. The Bertz CT molecular complexity index is 600. The lowest BCUT2D eigenvalue weighted by atomic mass is 9.86. The van der Waals surface area contributed by atoms with Crippen LogP contribution in [0, 0.1) is 6.92 Å². The molecule has 0 atom stereocenters. The molecule has 0 aliphatic heterocycles. The summed E-state index contributed by atoms with van der Waals surface area (Å²) in [4.78, 5) is 8.55. The van der Waals surface area contributed by atoms with Crippen LogP contribution in [0.3, 0.4) is 0 Å². The Morgan fingerprint density at radius 1 is 1.00 bits per heavy atom. The Morgan fingerprint density at radius 3 is 2.30 bits per heavy atom. The molecule has 1 aromatic heterocycles. The summed E-state index contributed by atoms with van der Waals surface area (Å²) in [6, 6.07) is 8.34. The van der Waals surface area contributed by atoms with Gasteiger partial charge in [-0.25, -0.2) is 9.97 Å². The van der Waals surface area contributed by atoms with Crippen LogP contribution in [0.15, 0.2) is 30.6 Å². The highest BCUT2D eigenvalue weighted by molar-refractivity contribution is 5.67. The average Bonchev–Trinajstić information content (AvgIpc) is 2.40. The zero-order valence-corrected chi connectivity index (χ0v) is 12.8. The monoisotopic (exact) mass is 270 g/mol. The van der Waals surface area contributed by atoms with Crippen LogP contribution in [0.4, 0.5) is 17.3 Å². The van der Waals surface area contributed by atoms with Crippen LogP contribution in [0.5, 0.6) is 0 Å². The minimum Gasteiger partial charge on any atom is -0.373 e. The fraction of sp³-hybridized carbons (Fsp3) is 0.375. The molecular weight excluding hydrogens is 248 g/mol. The molecule has 4 nitrogen and oxygen atoms in total. The summed E-state index contributed by atoms with van der Waals surface area (Å²) >= 11 is 0. The maximum atomic E-state index is 4.34. The van der Waals surface area contributed by atoms with E-state index < -0.39 is 0 Å². The van der Waals surface area contributed by atoms with Crippen LogP contribution in [-0.2, 0) is 5.41 Å². The van der Waals surface area contributed by atoms with Crippen molar-refractivity contribution in [1.82, 2.24) is 9.97 Å². The van der Waals surface area contributed by atoms with E-state index in [4.69, 9.17) is 0 Å². The Balaban J connectivity index is 2.41. The average molecular weight is 270 g/mol. The predicted molar refractivity (Wildman–Crippen MR) is 84.7 cm³/mol. The fourth-order valence-electron chi connectivity index (χ4n) is 2.20. The first kappa shape index (κ1) is 14.3. The number of para-hydroxylation sites is 1. The minimum atomic E-state index is 0.0797. The predicted octanol–water partition coefficient (Wildman–Crippen LogP) is 3.87. The van der Waals surface area contributed by atoms with Crippen LogP contribution in [0.25, 0.3) is 0 Å².